The van der Waals surface area contributed by atoms with E-state index < -0.39 is 0 Å². The molecule has 0 radical (unpaired) electrons. The third-order valence-corrected chi connectivity index (χ3v) is 4.40. The first-order valence-electron chi connectivity index (χ1n) is 7.35. The molecule has 1 aliphatic rings. The van der Waals surface area contributed by atoms with E-state index in [0.29, 0.717) is 23.9 Å². The largest absolute Gasteiger partial charge is 0.497 e. The fourth-order valence-corrected chi connectivity index (χ4v) is 3.17. The Kier molecular flexibility index (Phi) is 4.55. The molecule has 0 amide bonds. The molecule has 0 saturated carbocycles. The number of methoxy groups -OCH3 is 2. The monoisotopic (exact) mass is 331 g/mol. The molecule has 1 atom stereocenters. The van der Waals surface area contributed by atoms with Crippen LogP contribution in [-0.4, -0.2) is 25.4 Å². The first-order valence-corrected chi connectivity index (χ1v) is 7.72. The zero-order chi connectivity index (χ0) is 16.4. The van der Waals surface area contributed by atoms with Gasteiger partial charge in [0.2, 0.25) is 0 Å². The van der Waals surface area contributed by atoms with Crippen molar-refractivity contribution in [2.45, 2.75) is 19.1 Å². The van der Waals surface area contributed by atoms with Crippen molar-refractivity contribution < 1.29 is 14.3 Å². The van der Waals surface area contributed by atoms with Gasteiger partial charge in [-0.3, -0.25) is 4.90 Å². The topological polar surface area (TPSA) is 38.8 Å². The van der Waals surface area contributed by atoms with Crippen LogP contribution < -0.4 is 9.47 Å². The fourth-order valence-electron chi connectivity index (χ4n) is 3.04. The van der Waals surface area contributed by atoms with E-state index in [2.05, 4.69) is 4.90 Å². The predicted molar refractivity (Wildman–Crippen MR) is 89.1 cm³/mol. The average Bonchev–Trinajstić information content (AvgIpc) is 2.92. The van der Waals surface area contributed by atoms with Crippen LogP contribution in [0.15, 0.2) is 36.4 Å². The Morgan fingerprint density at radius 1 is 1.22 bits per heavy atom. The van der Waals surface area contributed by atoms with Crippen LogP contribution in [0.4, 0.5) is 0 Å². The van der Waals surface area contributed by atoms with E-state index in [1.54, 1.807) is 14.2 Å². The van der Waals surface area contributed by atoms with Crippen LogP contribution in [0, 0.1) is 0 Å². The maximum atomic E-state index is 11.7. The Balaban J connectivity index is 1.92. The van der Waals surface area contributed by atoms with Gasteiger partial charge in [-0.2, -0.15) is 0 Å². The van der Waals surface area contributed by atoms with E-state index in [1.807, 2.05) is 36.4 Å². The van der Waals surface area contributed by atoms with Gasteiger partial charge in [0, 0.05) is 29.7 Å². The summed E-state index contributed by atoms with van der Waals surface area (Å²) in [6, 6.07) is 11.1. The van der Waals surface area contributed by atoms with E-state index in [-0.39, 0.29) is 6.04 Å². The highest BCUT2D eigenvalue weighted by Gasteiger charge is 2.33. The van der Waals surface area contributed by atoms with Crippen molar-refractivity contribution in [3.8, 4) is 11.5 Å². The summed E-state index contributed by atoms with van der Waals surface area (Å²) in [5.74, 6) is 1.42. The molecule has 5 heteroatoms. The molecule has 0 spiro atoms. The number of halogens is 1. The third-order valence-electron chi connectivity index (χ3n) is 4.15. The highest BCUT2D eigenvalue weighted by molar-refractivity contribution is 6.30. The molecule has 0 bridgehead atoms. The van der Waals surface area contributed by atoms with Crippen molar-refractivity contribution in [2.24, 2.45) is 0 Å². The van der Waals surface area contributed by atoms with Crippen molar-refractivity contribution in [1.82, 2.24) is 4.90 Å². The fraction of sp³-hybridized carbons (Fsp3) is 0.278. The lowest BCUT2D eigenvalue weighted by molar-refractivity contribution is -0.112. The summed E-state index contributed by atoms with van der Waals surface area (Å²) >= 11 is 5.93. The smallest absolute Gasteiger partial charge is 0.141 e. The number of carbonyl (C=O) groups excluding carboxylic acids is 1. The molecule has 1 heterocycles. The van der Waals surface area contributed by atoms with Gasteiger partial charge in [-0.15, -0.1) is 0 Å². The van der Waals surface area contributed by atoms with E-state index in [4.69, 9.17) is 21.1 Å². The molecular formula is C18H18ClNO3. The van der Waals surface area contributed by atoms with Crippen LogP contribution >= 0.6 is 11.6 Å². The van der Waals surface area contributed by atoms with Gasteiger partial charge in [-0.25, -0.2) is 0 Å². The van der Waals surface area contributed by atoms with Crippen LogP contribution in [-0.2, 0) is 17.9 Å². The lowest BCUT2D eigenvalue weighted by Gasteiger charge is -2.21. The highest BCUT2D eigenvalue weighted by atomic mass is 35.5. The van der Waals surface area contributed by atoms with E-state index in [9.17, 15) is 4.79 Å². The molecule has 0 aromatic heterocycles. The lowest BCUT2D eigenvalue weighted by Crippen LogP contribution is -2.22. The third kappa shape index (κ3) is 3.05. The quantitative estimate of drug-likeness (QED) is 0.784. The second-order valence-electron chi connectivity index (χ2n) is 5.51. The number of fused-ring (bicyclic) bond motifs is 1. The van der Waals surface area contributed by atoms with E-state index in [1.165, 1.54) is 0 Å². The molecule has 2 aromatic rings. The Bertz CT molecular complexity index is 715. The molecule has 0 aliphatic carbocycles. The van der Waals surface area contributed by atoms with Crippen molar-refractivity contribution in [3.05, 3.63) is 58.1 Å². The molecule has 4 nitrogen and oxygen atoms in total. The second kappa shape index (κ2) is 6.60. The number of nitrogens with zero attached hydrogens (tertiary/aromatic N) is 1. The average molecular weight is 332 g/mol. The summed E-state index contributed by atoms with van der Waals surface area (Å²) in [5.41, 5.74) is 3.10. The summed E-state index contributed by atoms with van der Waals surface area (Å²) in [6.07, 6.45) is 0.969. The summed E-state index contributed by atoms with van der Waals surface area (Å²) in [6.45, 7) is 1.34. The zero-order valence-corrected chi connectivity index (χ0v) is 13.8. The van der Waals surface area contributed by atoms with Gasteiger partial charge in [-0.05, 0) is 29.3 Å². The molecule has 3 rings (SSSR count). The van der Waals surface area contributed by atoms with Gasteiger partial charge in [0.05, 0.1) is 20.3 Å². The van der Waals surface area contributed by atoms with Gasteiger partial charge in [0.25, 0.3) is 0 Å². The summed E-state index contributed by atoms with van der Waals surface area (Å²) in [4.78, 5) is 13.8. The maximum Gasteiger partial charge on any atom is 0.141 e. The second-order valence-corrected chi connectivity index (χ2v) is 5.95. The number of hydrogen-bond acceptors (Lipinski definition) is 4. The Hall–Kier alpha value is -2.04. The lowest BCUT2D eigenvalue weighted by atomic mass is 10.0. The minimum atomic E-state index is -0.318. The van der Waals surface area contributed by atoms with Crippen LogP contribution in [0.5, 0.6) is 11.5 Å². The summed E-state index contributed by atoms with van der Waals surface area (Å²) in [7, 11) is 3.23. The maximum absolute atomic E-state index is 11.7. The number of benzene rings is 2. The Labute approximate surface area is 140 Å². The molecule has 120 valence electrons. The number of aldehydes is 1. The minimum absolute atomic E-state index is 0.318. The molecular weight excluding hydrogens is 314 g/mol. The molecule has 1 aliphatic heterocycles. The van der Waals surface area contributed by atoms with Crippen LogP contribution in [0.1, 0.15) is 22.7 Å². The minimum Gasteiger partial charge on any atom is -0.497 e. The molecule has 2 aromatic carbocycles. The molecule has 0 fully saturated rings. The van der Waals surface area contributed by atoms with E-state index in [0.717, 1.165) is 28.7 Å². The molecule has 0 saturated heterocycles. The van der Waals surface area contributed by atoms with Gasteiger partial charge in [-0.1, -0.05) is 23.7 Å². The van der Waals surface area contributed by atoms with Gasteiger partial charge < -0.3 is 14.3 Å². The first kappa shape index (κ1) is 15.8. The number of rotatable bonds is 5. The molecule has 0 N–H and O–H groups in total. The van der Waals surface area contributed by atoms with Gasteiger partial charge in [0.15, 0.2) is 0 Å². The SMILES string of the molecule is COc1cc2c(c(OC)c1)C(C=O)N(Cc1ccc(Cl)cc1)C2. The van der Waals surface area contributed by atoms with Crippen LogP contribution in [0.25, 0.3) is 0 Å². The highest BCUT2D eigenvalue weighted by Crippen LogP contribution is 2.42. The van der Waals surface area contributed by atoms with Crippen LogP contribution in [0.2, 0.25) is 5.02 Å². The summed E-state index contributed by atoms with van der Waals surface area (Å²) in [5, 5.41) is 0.705. The normalized spacial score (nSPS) is 16.9. The molecule has 1 unspecified atom stereocenters. The van der Waals surface area contributed by atoms with Crippen molar-refractivity contribution >= 4 is 17.9 Å². The number of hydrogen-bond donors (Lipinski definition) is 0. The van der Waals surface area contributed by atoms with Crippen LogP contribution in [0.3, 0.4) is 0 Å². The van der Waals surface area contributed by atoms with Gasteiger partial charge >= 0.3 is 0 Å². The Morgan fingerprint density at radius 2 is 1.96 bits per heavy atom. The predicted octanol–water partition coefficient (Wildman–Crippen LogP) is 3.61. The summed E-state index contributed by atoms with van der Waals surface area (Å²) < 4.78 is 10.8. The van der Waals surface area contributed by atoms with Crippen molar-refractivity contribution in [3.63, 3.8) is 0 Å². The molecule has 23 heavy (non-hydrogen) atoms. The van der Waals surface area contributed by atoms with Gasteiger partial charge in [0.1, 0.15) is 17.8 Å². The standard InChI is InChI=1S/C18H18ClNO3/c1-22-15-7-13-10-20(9-12-3-5-14(19)6-4-12)16(11-21)18(13)17(8-15)23-2/h3-8,11,16H,9-10H2,1-2H3. The van der Waals surface area contributed by atoms with Crippen molar-refractivity contribution in [2.75, 3.05) is 14.2 Å². The van der Waals surface area contributed by atoms with E-state index >= 15 is 0 Å². The van der Waals surface area contributed by atoms with Crippen molar-refractivity contribution in [1.29, 1.82) is 0 Å². The first-order chi connectivity index (χ1) is 11.2. The zero-order valence-electron chi connectivity index (χ0n) is 13.1. The number of carbonyl (C=O) groups is 1. The number of ether oxygens (including phenoxy) is 2. The Morgan fingerprint density at radius 3 is 2.57 bits per heavy atom.